The molecule has 112 valence electrons. The van der Waals surface area contributed by atoms with Crippen molar-refractivity contribution in [3.8, 4) is 11.3 Å². The molecule has 1 aromatic carbocycles. The van der Waals surface area contributed by atoms with Crippen molar-refractivity contribution in [2.24, 2.45) is 0 Å². The third-order valence-corrected chi connectivity index (χ3v) is 5.23. The van der Waals surface area contributed by atoms with E-state index in [-0.39, 0.29) is 11.8 Å². The van der Waals surface area contributed by atoms with E-state index in [2.05, 4.69) is 23.2 Å². The number of likely N-dealkylation sites (tertiary alicyclic amines) is 1. The number of nitrogens with zero attached hydrogens (tertiary/aromatic N) is 2. The number of hydrogen-bond acceptors (Lipinski definition) is 4. The smallest absolute Gasteiger partial charge is 0.230 e. The lowest BCUT2D eigenvalue weighted by Crippen LogP contribution is -2.28. The molecule has 1 aromatic heterocycles. The van der Waals surface area contributed by atoms with Crippen LogP contribution in [-0.4, -0.2) is 21.7 Å². The van der Waals surface area contributed by atoms with Crippen LogP contribution in [0.3, 0.4) is 0 Å². The van der Waals surface area contributed by atoms with Gasteiger partial charge in [-0.3, -0.25) is 14.5 Å². The number of amides is 2. The zero-order chi connectivity index (χ0) is 15.1. The largest absolute Gasteiger partial charge is 0.276 e. The summed E-state index contributed by atoms with van der Waals surface area (Å²) in [6.45, 7) is 0.313. The number of hydrogen-bond donors (Lipinski definition) is 0. The van der Waals surface area contributed by atoms with Gasteiger partial charge >= 0.3 is 0 Å². The molecule has 4 rings (SSSR count). The van der Waals surface area contributed by atoms with Gasteiger partial charge in [0.2, 0.25) is 11.8 Å². The molecule has 5 heteroatoms. The number of rotatable bonds is 3. The predicted octanol–water partition coefficient (Wildman–Crippen LogP) is 2.95. The fraction of sp³-hybridized carbons (Fsp3) is 0.353. The molecule has 0 radical (unpaired) electrons. The molecule has 0 atom stereocenters. The minimum absolute atomic E-state index is 0.0840. The Morgan fingerprint density at radius 1 is 1.05 bits per heavy atom. The fourth-order valence-electron chi connectivity index (χ4n) is 3.18. The van der Waals surface area contributed by atoms with E-state index in [1.165, 1.54) is 40.2 Å². The van der Waals surface area contributed by atoms with Crippen molar-refractivity contribution in [2.45, 2.75) is 38.6 Å². The molecule has 1 aliphatic carbocycles. The molecule has 0 spiro atoms. The van der Waals surface area contributed by atoms with Gasteiger partial charge in [0.05, 0.1) is 12.2 Å². The van der Waals surface area contributed by atoms with E-state index in [9.17, 15) is 9.59 Å². The molecule has 0 saturated carbocycles. The van der Waals surface area contributed by atoms with Crippen molar-refractivity contribution >= 4 is 23.2 Å². The zero-order valence-corrected chi connectivity index (χ0v) is 13.0. The van der Waals surface area contributed by atoms with Crippen LogP contribution in [0.4, 0.5) is 0 Å². The first-order chi connectivity index (χ1) is 10.7. The maximum absolute atomic E-state index is 11.7. The average Bonchev–Trinajstić information content (AvgIpc) is 3.23. The standard InChI is InChI=1S/C17H16N2O2S/c20-16-6-7-17(21)19(16)9-15-18-14(10-22-15)13-5-4-11-2-1-3-12(11)8-13/h4-5,8,10H,1-3,6-7,9H2. The second-order valence-corrected chi connectivity index (χ2v) is 6.78. The Bertz CT molecular complexity index is 750. The van der Waals surface area contributed by atoms with Crippen LogP contribution in [0, 0.1) is 0 Å². The first-order valence-electron chi connectivity index (χ1n) is 7.60. The summed E-state index contributed by atoms with van der Waals surface area (Å²) < 4.78 is 0. The van der Waals surface area contributed by atoms with Crippen LogP contribution in [0.1, 0.15) is 35.4 Å². The van der Waals surface area contributed by atoms with E-state index in [1.807, 2.05) is 5.38 Å². The highest BCUT2D eigenvalue weighted by atomic mass is 32.1. The van der Waals surface area contributed by atoms with Gasteiger partial charge in [-0.15, -0.1) is 11.3 Å². The molecule has 1 fully saturated rings. The van der Waals surface area contributed by atoms with Gasteiger partial charge < -0.3 is 0 Å². The predicted molar refractivity (Wildman–Crippen MR) is 84.4 cm³/mol. The number of imide groups is 1. The summed E-state index contributed by atoms with van der Waals surface area (Å²) in [5.74, 6) is -0.168. The van der Waals surface area contributed by atoms with Gasteiger partial charge in [0.1, 0.15) is 5.01 Å². The van der Waals surface area contributed by atoms with Gasteiger partial charge in [-0.1, -0.05) is 12.1 Å². The summed E-state index contributed by atoms with van der Waals surface area (Å²) in [6.07, 6.45) is 4.23. The molecule has 1 aliphatic heterocycles. The normalized spacial score (nSPS) is 17.4. The van der Waals surface area contributed by atoms with E-state index in [4.69, 9.17) is 0 Å². The summed E-state index contributed by atoms with van der Waals surface area (Å²) in [7, 11) is 0. The van der Waals surface area contributed by atoms with Gasteiger partial charge in [0.15, 0.2) is 0 Å². The van der Waals surface area contributed by atoms with Gasteiger partial charge in [-0.05, 0) is 36.5 Å². The van der Waals surface area contributed by atoms with Crippen LogP contribution in [0.15, 0.2) is 23.6 Å². The number of thiazole rings is 1. The maximum Gasteiger partial charge on any atom is 0.230 e. The number of aromatic nitrogens is 1. The highest BCUT2D eigenvalue weighted by Crippen LogP contribution is 2.29. The Labute approximate surface area is 132 Å². The Morgan fingerprint density at radius 2 is 1.82 bits per heavy atom. The number of aryl methyl sites for hydroxylation is 2. The van der Waals surface area contributed by atoms with Crippen molar-refractivity contribution in [2.75, 3.05) is 0 Å². The van der Waals surface area contributed by atoms with Crippen LogP contribution in [0.25, 0.3) is 11.3 Å². The lowest BCUT2D eigenvalue weighted by Gasteiger charge is -2.10. The first kappa shape index (κ1) is 13.6. The minimum Gasteiger partial charge on any atom is -0.276 e. The molecule has 1 saturated heterocycles. The Balaban J connectivity index is 1.56. The van der Waals surface area contributed by atoms with Gasteiger partial charge in [0, 0.05) is 23.8 Å². The molecule has 0 unspecified atom stereocenters. The van der Waals surface area contributed by atoms with Crippen molar-refractivity contribution in [1.82, 2.24) is 9.88 Å². The van der Waals surface area contributed by atoms with Crippen LogP contribution in [0.2, 0.25) is 0 Å². The Hall–Kier alpha value is -2.01. The molecule has 22 heavy (non-hydrogen) atoms. The number of carbonyl (C=O) groups is 2. The number of carbonyl (C=O) groups excluding carboxylic acids is 2. The quantitative estimate of drug-likeness (QED) is 0.819. The molecule has 2 aliphatic rings. The molecular formula is C17H16N2O2S. The second-order valence-electron chi connectivity index (χ2n) is 5.84. The van der Waals surface area contributed by atoms with Crippen LogP contribution >= 0.6 is 11.3 Å². The fourth-order valence-corrected chi connectivity index (χ4v) is 3.97. The summed E-state index contributed by atoms with van der Waals surface area (Å²) in [4.78, 5) is 29.3. The summed E-state index contributed by atoms with van der Waals surface area (Å²) in [5, 5.41) is 2.83. The molecule has 0 bridgehead atoms. The molecular weight excluding hydrogens is 296 g/mol. The highest BCUT2D eigenvalue weighted by Gasteiger charge is 2.29. The summed E-state index contributed by atoms with van der Waals surface area (Å²) in [6, 6.07) is 6.55. The summed E-state index contributed by atoms with van der Waals surface area (Å²) in [5.41, 5.74) is 4.94. The van der Waals surface area contributed by atoms with Gasteiger partial charge in [-0.2, -0.15) is 0 Å². The topological polar surface area (TPSA) is 50.3 Å². The van der Waals surface area contributed by atoms with Crippen molar-refractivity contribution < 1.29 is 9.59 Å². The maximum atomic E-state index is 11.7. The minimum atomic E-state index is -0.0840. The van der Waals surface area contributed by atoms with Gasteiger partial charge in [-0.25, -0.2) is 4.98 Å². The van der Waals surface area contributed by atoms with E-state index in [0.717, 1.165) is 22.7 Å². The zero-order valence-electron chi connectivity index (χ0n) is 12.2. The lowest BCUT2D eigenvalue weighted by molar-refractivity contribution is -0.139. The molecule has 4 nitrogen and oxygen atoms in total. The third-order valence-electron chi connectivity index (χ3n) is 4.39. The molecule has 2 amide bonds. The Kier molecular flexibility index (Phi) is 3.30. The molecule has 2 heterocycles. The van der Waals surface area contributed by atoms with Crippen molar-refractivity contribution in [1.29, 1.82) is 0 Å². The van der Waals surface area contributed by atoms with E-state index in [1.54, 1.807) is 0 Å². The Morgan fingerprint density at radius 3 is 2.64 bits per heavy atom. The number of fused-ring (bicyclic) bond motifs is 1. The first-order valence-corrected chi connectivity index (χ1v) is 8.48. The van der Waals surface area contributed by atoms with Crippen molar-refractivity contribution in [3.05, 3.63) is 39.7 Å². The average molecular weight is 312 g/mol. The van der Waals surface area contributed by atoms with Crippen LogP contribution < -0.4 is 0 Å². The second kappa shape index (κ2) is 5.32. The van der Waals surface area contributed by atoms with Crippen LogP contribution in [-0.2, 0) is 29.0 Å². The van der Waals surface area contributed by atoms with E-state index < -0.39 is 0 Å². The molecule has 0 N–H and O–H groups in total. The number of benzene rings is 1. The highest BCUT2D eigenvalue weighted by molar-refractivity contribution is 7.09. The van der Waals surface area contributed by atoms with E-state index in [0.29, 0.717) is 19.4 Å². The molecule has 2 aromatic rings. The third kappa shape index (κ3) is 2.35. The van der Waals surface area contributed by atoms with Crippen molar-refractivity contribution in [3.63, 3.8) is 0 Å². The SMILES string of the molecule is O=C1CCC(=O)N1Cc1nc(-c2ccc3c(c2)CCC3)cs1. The monoisotopic (exact) mass is 312 g/mol. The lowest BCUT2D eigenvalue weighted by atomic mass is 10.1. The summed E-state index contributed by atoms with van der Waals surface area (Å²) >= 11 is 1.51. The van der Waals surface area contributed by atoms with E-state index >= 15 is 0 Å². The van der Waals surface area contributed by atoms with Crippen LogP contribution in [0.5, 0.6) is 0 Å². The van der Waals surface area contributed by atoms with Gasteiger partial charge in [0.25, 0.3) is 0 Å².